The van der Waals surface area contributed by atoms with E-state index in [4.69, 9.17) is 0 Å². The maximum Gasteiger partial charge on any atom is 0.0715 e. The molecule has 4 nitrogen and oxygen atoms in total. The molecule has 0 amide bonds. The molecule has 2 aromatic rings. The highest BCUT2D eigenvalue weighted by molar-refractivity contribution is 5.87. The van der Waals surface area contributed by atoms with E-state index in [1.807, 2.05) is 0 Å². The number of rotatable bonds is 4. The van der Waals surface area contributed by atoms with E-state index in [9.17, 15) is 19.8 Å². The Morgan fingerprint density at radius 3 is 2.16 bits per heavy atom. The fraction of sp³-hybridized carbons (Fsp3) is 0.0667. The number of aliphatic carboxylic acids is 1. The number of benzene rings is 2. The van der Waals surface area contributed by atoms with Gasteiger partial charge in [0.2, 0.25) is 0 Å². The normalized spacial score (nSPS) is 10.1. The van der Waals surface area contributed by atoms with Gasteiger partial charge < -0.3 is 19.8 Å². The van der Waals surface area contributed by atoms with E-state index in [0.29, 0.717) is 11.1 Å². The summed E-state index contributed by atoms with van der Waals surface area (Å²) in [6, 6.07) is 13.2. The summed E-state index contributed by atoms with van der Waals surface area (Å²) in [4.78, 5) is 21.4. The Labute approximate surface area is 109 Å². The molecule has 0 unspecified atom stereocenters. The van der Waals surface area contributed by atoms with Gasteiger partial charge in [-0.15, -0.1) is 0 Å². The van der Waals surface area contributed by atoms with Gasteiger partial charge in [-0.1, -0.05) is 42.5 Å². The number of aromatic carboxylic acids is 1. The lowest BCUT2D eigenvalue weighted by Crippen LogP contribution is -2.24. The molecule has 0 saturated carbocycles. The standard InChI is InChI=1S/C15H12O4/c16-14(17)8-10-3-1-4-11(7-10)12-5-2-6-13(9-12)15(18)19/h1-7,9H,8H2,(H,16,17)(H,18,19)/p-2. The first-order valence-corrected chi connectivity index (χ1v) is 5.67. The van der Waals surface area contributed by atoms with Crippen LogP contribution in [0.5, 0.6) is 0 Å². The van der Waals surface area contributed by atoms with Crippen LogP contribution in [0.25, 0.3) is 11.1 Å². The van der Waals surface area contributed by atoms with E-state index < -0.39 is 11.9 Å². The molecule has 0 heterocycles. The fourth-order valence-electron chi connectivity index (χ4n) is 1.85. The Bertz CT molecular complexity index is 632. The molecule has 0 saturated heterocycles. The quantitative estimate of drug-likeness (QED) is 0.769. The zero-order chi connectivity index (χ0) is 13.8. The van der Waals surface area contributed by atoms with Crippen molar-refractivity contribution in [2.24, 2.45) is 0 Å². The van der Waals surface area contributed by atoms with E-state index in [0.717, 1.165) is 5.56 Å². The van der Waals surface area contributed by atoms with Gasteiger partial charge in [-0.25, -0.2) is 0 Å². The van der Waals surface area contributed by atoms with Gasteiger partial charge in [0.05, 0.1) is 5.97 Å². The molecule has 19 heavy (non-hydrogen) atoms. The third-order valence-corrected chi connectivity index (χ3v) is 2.71. The van der Waals surface area contributed by atoms with Crippen molar-refractivity contribution < 1.29 is 19.8 Å². The highest BCUT2D eigenvalue weighted by atomic mass is 16.4. The largest absolute Gasteiger partial charge is 0.550 e. The van der Waals surface area contributed by atoms with Crippen LogP contribution in [0.2, 0.25) is 0 Å². The van der Waals surface area contributed by atoms with Crippen LogP contribution in [0, 0.1) is 0 Å². The molecule has 2 aromatic carbocycles. The molecular formula is C15H10O4-2. The summed E-state index contributed by atoms with van der Waals surface area (Å²) in [5.74, 6) is -2.40. The number of carboxylic acid groups (broad SMARTS) is 2. The summed E-state index contributed by atoms with van der Waals surface area (Å²) in [7, 11) is 0. The highest BCUT2D eigenvalue weighted by Crippen LogP contribution is 2.21. The van der Waals surface area contributed by atoms with Crippen LogP contribution in [0.4, 0.5) is 0 Å². The second-order valence-corrected chi connectivity index (χ2v) is 4.12. The van der Waals surface area contributed by atoms with Crippen molar-refractivity contribution >= 4 is 11.9 Å². The third-order valence-electron chi connectivity index (χ3n) is 2.71. The first-order chi connectivity index (χ1) is 9.06. The molecule has 0 radical (unpaired) electrons. The Kier molecular flexibility index (Phi) is 3.61. The Morgan fingerprint density at radius 1 is 0.895 bits per heavy atom. The average molecular weight is 254 g/mol. The zero-order valence-corrected chi connectivity index (χ0v) is 9.96. The minimum atomic E-state index is -1.24. The molecule has 0 aliphatic carbocycles. The zero-order valence-electron chi connectivity index (χ0n) is 9.96. The molecule has 0 N–H and O–H groups in total. The SMILES string of the molecule is O=C([O-])Cc1cccc(-c2cccc(C(=O)[O-])c2)c1. The predicted octanol–water partition coefficient (Wildman–Crippen LogP) is 0.00950. The molecule has 0 atom stereocenters. The Hall–Kier alpha value is -2.62. The van der Waals surface area contributed by atoms with Gasteiger partial charge in [0.1, 0.15) is 0 Å². The Morgan fingerprint density at radius 2 is 1.53 bits per heavy atom. The highest BCUT2D eigenvalue weighted by Gasteiger charge is 2.02. The van der Waals surface area contributed by atoms with E-state index in [-0.39, 0.29) is 12.0 Å². The van der Waals surface area contributed by atoms with Crippen LogP contribution < -0.4 is 10.2 Å². The molecule has 0 aromatic heterocycles. The van der Waals surface area contributed by atoms with Crippen molar-refractivity contribution in [1.82, 2.24) is 0 Å². The van der Waals surface area contributed by atoms with E-state index in [1.165, 1.54) is 12.1 Å². The van der Waals surface area contributed by atoms with Crippen LogP contribution in [-0.4, -0.2) is 11.9 Å². The summed E-state index contributed by atoms with van der Waals surface area (Å²) in [5.41, 5.74) is 2.14. The number of carboxylic acids is 2. The minimum Gasteiger partial charge on any atom is -0.550 e. The number of hydrogen-bond donors (Lipinski definition) is 0. The maximum absolute atomic E-state index is 10.8. The van der Waals surface area contributed by atoms with E-state index in [1.54, 1.807) is 36.4 Å². The smallest absolute Gasteiger partial charge is 0.0715 e. The van der Waals surface area contributed by atoms with Gasteiger partial charge in [0.15, 0.2) is 0 Å². The summed E-state index contributed by atoms with van der Waals surface area (Å²) in [6.07, 6.45) is -0.173. The van der Waals surface area contributed by atoms with Crippen molar-refractivity contribution in [1.29, 1.82) is 0 Å². The maximum atomic E-state index is 10.8. The average Bonchev–Trinajstić information content (AvgIpc) is 2.38. The first-order valence-electron chi connectivity index (χ1n) is 5.67. The van der Waals surface area contributed by atoms with Crippen LogP contribution >= 0.6 is 0 Å². The lowest BCUT2D eigenvalue weighted by atomic mass is 10.00. The van der Waals surface area contributed by atoms with Crippen molar-refractivity contribution in [2.45, 2.75) is 6.42 Å². The molecule has 4 heteroatoms. The molecule has 0 aliphatic rings. The van der Waals surface area contributed by atoms with Crippen LogP contribution in [0.15, 0.2) is 48.5 Å². The van der Waals surface area contributed by atoms with Crippen molar-refractivity contribution in [3.05, 3.63) is 59.7 Å². The van der Waals surface area contributed by atoms with Crippen molar-refractivity contribution in [2.75, 3.05) is 0 Å². The predicted molar refractivity (Wildman–Crippen MR) is 64.9 cm³/mol. The van der Waals surface area contributed by atoms with Crippen molar-refractivity contribution in [3.63, 3.8) is 0 Å². The number of hydrogen-bond acceptors (Lipinski definition) is 4. The fourth-order valence-corrected chi connectivity index (χ4v) is 1.85. The molecule has 96 valence electrons. The third kappa shape index (κ3) is 3.19. The van der Waals surface area contributed by atoms with Gasteiger partial charge in [-0.3, -0.25) is 0 Å². The molecule has 0 fully saturated rings. The first kappa shape index (κ1) is 12.8. The van der Waals surface area contributed by atoms with E-state index >= 15 is 0 Å². The Balaban J connectivity index is 2.38. The topological polar surface area (TPSA) is 80.3 Å². The van der Waals surface area contributed by atoms with Gasteiger partial charge in [-0.2, -0.15) is 0 Å². The minimum absolute atomic E-state index is 0.0859. The number of carbonyl (C=O) groups excluding carboxylic acids is 2. The molecule has 0 spiro atoms. The van der Waals surface area contributed by atoms with Gasteiger partial charge in [0.25, 0.3) is 0 Å². The lowest BCUT2D eigenvalue weighted by Gasteiger charge is -2.08. The molecule has 2 rings (SSSR count). The van der Waals surface area contributed by atoms with Gasteiger partial charge >= 0.3 is 0 Å². The summed E-state index contributed by atoms with van der Waals surface area (Å²) >= 11 is 0. The second-order valence-electron chi connectivity index (χ2n) is 4.12. The molecule has 0 bridgehead atoms. The lowest BCUT2D eigenvalue weighted by molar-refractivity contribution is -0.304. The number of carbonyl (C=O) groups is 2. The van der Waals surface area contributed by atoms with Crippen LogP contribution in [-0.2, 0) is 11.2 Å². The summed E-state index contributed by atoms with van der Waals surface area (Å²) < 4.78 is 0. The monoisotopic (exact) mass is 254 g/mol. The van der Waals surface area contributed by atoms with Crippen LogP contribution in [0.3, 0.4) is 0 Å². The summed E-state index contributed by atoms with van der Waals surface area (Å²) in [5, 5.41) is 21.4. The molecule has 0 aliphatic heterocycles. The van der Waals surface area contributed by atoms with Gasteiger partial charge in [-0.05, 0) is 28.3 Å². The van der Waals surface area contributed by atoms with E-state index in [2.05, 4.69) is 0 Å². The molecular weight excluding hydrogens is 244 g/mol. The van der Waals surface area contributed by atoms with Crippen LogP contribution in [0.1, 0.15) is 15.9 Å². The second kappa shape index (κ2) is 5.35. The summed E-state index contributed by atoms with van der Waals surface area (Å²) in [6.45, 7) is 0. The van der Waals surface area contributed by atoms with Gasteiger partial charge in [0, 0.05) is 12.4 Å². The van der Waals surface area contributed by atoms with Crippen molar-refractivity contribution in [3.8, 4) is 11.1 Å².